The number of nitrogens with one attached hydrogen (secondary N) is 1. The van der Waals surface area contributed by atoms with Gasteiger partial charge < -0.3 is 4.74 Å². The first-order valence-corrected chi connectivity index (χ1v) is 7.00. The van der Waals surface area contributed by atoms with Crippen molar-refractivity contribution in [1.82, 2.24) is 14.6 Å². The van der Waals surface area contributed by atoms with Crippen LogP contribution in [0.4, 0.5) is 10.6 Å². The predicted molar refractivity (Wildman–Crippen MR) is 80.9 cm³/mol. The highest BCUT2D eigenvalue weighted by molar-refractivity contribution is 9.10. The summed E-state index contributed by atoms with van der Waals surface area (Å²) in [5, 5.41) is 6.80. The molecular weight excluding hydrogens is 336 g/mol. The number of imidazole rings is 1. The molecular formula is C14H11BrN4O2. The summed E-state index contributed by atoms with van der Waals surface area (Å²) in [6.07, 6.45) is 1.08. The molecule has 7 heteroatoms. The normalized spacial score (nSPS) is 10.5. The molecule has 1 N–H and O–H groups in total. The highest BCUT2D eigenvalue weighted by Gasteiger charge is 2.07. The Morgan fingerprint density at radius 3 is 2.86 bits per heavy atom. The zero-order chi connectivity index (χ0) is 14.7. The second-order valence-corrected chi connectivity index (χ2v) is 5.07. The van der Waals surface area contributed by atoms with Gasteiger partial charge >= 0.3 is 6.09 Å². The van der Waals surface area contributed by atoms with Crippen molar-refractivity contribution in [3.63, 3.8) is 0 Å². The van der Waals surface area contributed by atoms with E-state index in [0.29, 0.717) is 16.1 Å². The van der Waals surface area contributed by atoms with Crippen LogP contribution in [0, 0.1) is 0 Å². The van der Waals surface area contributed by atoms with Crippen LogP contribution in [0.15, 0.2) is 53.3 Å². The predicted octanol–water partition coefficient (Wildman–Crippen LogP) is 3.24. The van der Waals surface area contributed by atoms with Gasteiger partial charge in [0.1, 0.15) is 11.2 Å². The van der Waals surface area contributed by atoms with E-state index in [1.807, 2.05) is 30.3 Å². The van der Waals surface area contributed by atoms with Crippen molar-refractivity contribution in [3.8, 4) is 0 Å². The molecule has 1 aromatic carbocycles. The van der Waals surface area contributed by atoms with Gasteiger partial charge in [0.15, 0.2) is 11.5 Å². The van der Waals surface area contributed by atoms with E-state index >= 15 is 0 Å². The minimum Gasteiger partial charge on any atom is -0.444 e. The molecule has 0 bridgehead atoms. The number of fused-ring (bicyclic) bond motifs is 1. The van der Waals surface area contributed by atoms with Gasteiger partial charge in [0.2, 0.25) is 0 Å². The molecule has 0 unspecified atom stereocenters. The smallest absolute Gasteiger partial charge is 0.413 e. The summed E-state index contributed by atoms with van der Waals surface area (Å²) in [5.74, 6) is 0.388. The van der Waals surface area contributed by atoms with E-state index in [9.17, 15) is 4.79 Å². The summed E-state index contributed by atoms with van der Waals surface area (Å²) in [4.78, 5) is 15.9. The Hall–Kier alpha value is -2.41. The van der Waals surface area contributed by atoms with Crippen LogP contribution in [0.3, 0.4) is 0 Å². The summed E-state index contributed by atoms with van der Waals surface area (Å²) < 4.78 is 7.41. The van der Waals surface area contributed by atoms with Crippen LogP contribution < -0.4 is 5.32 Å². The van der Waals surface area contributed by atoms with Gasteiger partial charge in [0, 0.05) is 0 Å². The van der Waals surface area contributed by atoms with Crippen LogP contribution in [0.25, 0.3) is 5.65 Å². The molecule has 0 fully saturated rings. The lowest BCUT2D eigenvalue weighted by Crippen LogP contribution is -2.15. The second-order valence-electron chi connectivity index (χ2n) is 4.26. The van der Waals surface area contributed by atoms with Crippen molar-refractivity contribution in [2.75, 3.05) is 5.32 Å². The quantitative estimate of drug-likeness (QED) is 0.790. The van der Waals surface area contributed by atoms with Gasteiger partial charge in [-0.15, -0.1) is 5.10 Å². The fraction of sp³-hybridized carbons (Fsp3) is 0.0714. The third-order valence-corrected chi connectivity index (χ3v) is 3.30. The molecule has 106 valence electrons. The van der Waals surface area contributed by atoms with Crippen LogP contribution in [-0.2, 0) is 11.3 Å². The topological polar surface area (TPSA) is 68.5 Å². The number of aromatic nitrogens is 3. The van der Waals surface area contributed by atoms with Crippen molar-refractivity contribution in [1.29, 1.82) is 0 Å². The molecule has 0 aliphatic heterocycles. The monoisotopic (exact) mass is 346 g/mol. The van der Waals surface area contributed by atoms with Gasteiger partial charge in [0.25, 0.3) is 0 Å². The largest absolute Gasteiger partial charge is 0.444 e. The highest BCUT2D eigenvalue weighted by atomic mass is 79.9. The standard InChI is InChI=1S/C14H11BrN4O2/c15-11-8-16-13-7-6-12(18-19(11)13)17-14(20)21-9-10-4-2-1-3-5-10/h1-8H,9H2,(H,17,18,20). The van der Waals surface area contributed by atoms with E-state index < -0.39 is 6.09 Å². The van der Waals surface area contributed by atoms with Gasteiger partial charge in [-0.25, -0.2) is 14.3 Å². The molecule has 3 aromatic rings. The molecule has 1 amide bonds. The number of carbonyl (C=O) groups excluding carboxylic acids is 1. The lowest BCUT2D eigenvalue weighted by molar-refractivity contribution is 0.155. The number of anilines is 1. The number of ether oxygens (including phenoxy) is 1. The molecule has 2 heterocycles. The van der Waals surface area contributed by atoms with Gasteiger partial charge in [-0.2, -0.15) is 0 Å². The van der Waals surface area contributed by atoms with E-state index in [4.69, 9.17) is 4.74 Å². The maximum absolute atomic E-state index is 11.7. The molecule has 0 saturated heterocycles. The fourth-order valence-corrected chi connectivity index (χ4v) is 2.14. The maximum atomic E-state index is 11.7. The summed E-state index contributed by atoms with van der Waals surface area (Å²) in [6.45, 7) is 0.212. The number of nitrogens with zero attached hydrogens (tertiary/aromatic N) is 3. The Bertz CT molecular complexity index is 773. The van der Waals surface area contributed by atoms with Crippen molar-refractivity contribution < 1.29 is 9.53 Å². The number of benzene rings is 1. The van der Waals surface area contributed by atoms with Crippen LogP contribution in [0.5, 0.6) is 0 Å². The molecule has 0 spiro atoms. The maximum Gasteiger partial charge on any atom is 0.413 e. The zero-order valence-corrected chi connectivity index (χ0v) is 12.4. The average Bonchev–Trinajstić information content (AvgIpc) is 2.87. The van der Waals surface area contributed by atoms with E-state index in [0.717, 1.165) is 5.56 Å². The van der Waals surface area contributed by atoms with Crippen molar-refractivity contribution in [2.24, 2.45) is 0 Å². The Labute approximate surface area is 128 Å². The fourth-order valence-electron chi connectivity index (χ4n) is 1.78. The van der Waals surface area contributed by atoms with Crippen LogP contribution in [0.1, 0.15) is 5.56 Å². The van der Waals surface area contributed by atoms with Crippen LogP contribution in [0.2, 0.25) is 0 Å². The van der Waals surface area contributed by atoms with E-state index in [1.54, 1.807) is 22.8 Å². The van der Waals surface area contributed by atoms with Gasteiger partial charge in [-0.1, -0.05) is 30.3 Å². The molecule has 0 saturated carbocycles. The number of rotatable bonds is 3. The van der Waals surface area contributed by atoms with E-state index in [-0.39, 0.29) is 6.61 Å². The Balaban J connectivity index is 1.64. The molecule has 0 atom stereocenters. The zero-order valence-electron chi connectivity index (χ0n) is 10.9. The number of hydrogen-bond acceptors (Lipinski definition) is 4. The van der Waals surface area contributed by atoms with Gasteiger partial charge in [-0.3, -0.25) is 5.32 Å². The van der Waals surface area contributed by atoms with E-state index in [2.05, 4.69) is 31.3 Å². The van der Waals surface area contributed by atoms with Gasteiger partial charge in [-0.05, 0) is 33.6 Å². The number of halogens is 1. The van der Waals surface area contributed by atoms with Crippen molar-refractivity contribution >= 4 is 33.5 Å². The SMILES string of the molecule is O=C(Nc1ccc2ncc(Br)n2n1)OCc1ccccc1. The first kappa shape index (κ1) is 13.6. The van der Waals surface area contributed by atoms with Crippen molar-refractivity contribution in [2.45, 2.75) is 6.61 Å². The second kappa shape index (κ2) is 5.92. The first-order valence-electron chi connectivity index (χ1n) is 6.20. The summed E-state index contributed by atoms with van der Waals surface area (Å²) in [5.41, 5.74) is 1.61. The molecule has 3 rings (SSSR count). The first-order chi connectivity index (χ1) is 10.2. The summed E-state index contributed by atoms with van der Waals surface area (Å²) >= 11 is 3.32. The number of carbonyl (C=O) groups is 1. The Morgan fingerprint density at radius 2 is 2.05 bits per heavy atom. The Kier molecular flexibility index (Phi) is 3.83. The average molecular weight is 347 g/mol. The van der Waals surface area contributed by atoms with Crippen molar-refractivity contribution in [3.05, 3.63) is 58.8 Å². The molecule has 2 aromatic heterocycles. The summed E-state index contributed by atoms with van der Waals surface area (Å²) in [6, 6.07) is 12.9. The van der Waals surface area contributed by atoms with E-state index in [1.165, 1.54) is 0 Å². The lowest BCUT2D eigenvalue weighted by Gasteiger charge is -2.06. The molecule has 0 aliphatic carbocycles. The minimum absolute atomic E-state index is 0.212. The van der Waals surface area contributed by atoms with Gasteiger partial charge in [0.05, 0.1) is 6.20 Å². The Morgan fingerprint density at radius 1 is 1.24 bits per heavy atom. The molecule has 0 radical (unpaired) electrons. The third-order valence-electron chi connectivity index (χ3n) is 2.76. The number of hydrogen-bond donors (Lipinski definition) is 1. The van der Waals surface area contributed by atoms with Crippen LogP contribution in [-0.4, -0.2) is 20.7 Å². The molecule has 6 nitrogen and oxygen atoms in total. The summed E-state index contributed by atoms with van der Waals surface area (Å²) in [7, 11) is 0. The molecule has 21 heavy (non-hydrogen) atoms. The molecule has 0 aliphatic rings. The highest BCUT2D eigenvalue weighted by Crippen LogP contribution is 2.13. The van der Waals surface area contributed by atoms with Crippen LogP contribution >= 0.6 is 15.9 Å². The lowest BCUT2D eigenvalue weighted by atomic mass is 10.2. The minimum atomic E-state index is -0.554. The third kappa shape index (κ3) is 3.19. The number of amides is 1.